The highest BCUT2D eigenvalue weighted by Crippen LogP contribution is 2.35. The minimum atomic E-state index is -4.41. The molecule has 1 amide bonds. The lowest BCUT2D eigenvalue weighted by Crippen LogP contribution is -2.35. The Labute approximate surface area is 201 Å². The van der Waals surface area contributed by atoms with Gasteiger partial charge in [-0.15, -0.1) is 10.2 Å². The largest absolute Gasteiger partial charge is 0.496 e. The second kappa shape index (κ2) is 9.44. The number of hydrogen-bond donors (Lipinski definition) is 2. The van der Waals surface area contributed by atoms with E-state index in [0.29, 0.717) is 40.6 Å². The molecule has 2 aromatic carbocycles. The number of alkyl halides is 3. The number of likely N-dealkylation sites (tertiary alicyclic amines) is 1. The number of rotatable bonds is 5. The molecule has 7 nitrogen and oxygen atoms in total. The summed E-state index contributed by atoms with van der Waals surface area (Å²) in [5, 5.41) is 11.2. The molecule has 35 heavy (non-hydrogen) atoms. The summed E-state index contributed by atoms with van der Waals surface area (Å²) in [4.78, 5) is 15.2. The molecule has 1 aromatic heterocycles. The molecule has 0 spiro atoms. The fraction of sp³-hybridized carbons (Fsp3) is 0.320. The fourth-order valence-electron chi connectivity index (χ4n) is 4.29. The summed E-state index contributed by atoms with van der Waals surface area (Å²) in [6, 6.07) is 13.2. The molecule has 3 atom stereocenters. The smallest absolute Gasteiger partial charge is 0.416 e. The van der Waals surface area contributed by atoms with Gasteiger partial charge in [0.25, 0.3) is 5.91 Å². The first kappa shape index (κ1) is 24.3. The molecule has 3 aromatic rings. The number of anilines is 2. The molecule has 1 saturated heterocycles. The monoisotopic (exact) mass is 485 g/mol. The number of nitrogens with two attached hydrogens (primary N) is 1. The summed E-state index contributed by atoms with van der Waals surface area (Å²) in [6.07, 6.45) is -4.41. The highest BCUT2D eigenvalue weighted by Gasteiger charge is 2.39. The molecule has 0 unspecified atom stereocenters. The normalized spacial score (nSPS) is 20.1. The Morgan fingerprint density at radius 2 is 1.80 bits per heavy atom. The van der Waals surface area contributed by atoms with E-state index in [1.807, 2.05) is 6.92 Å². The van der Waals surface area contributed by atoms with Crippen LogP contribution in [0.1, 0.15) is 29.8 Å². The van der Waals surface area contributed by atoms with E-state index in [2.05, 4.69) is 22.4 Å². The van der Waals surface area contributed by atoms with Gasteiger partial charge in [-0.2, -0.15) is 13.2 Å². The number of nitrogens with one attached hydrogen (secondary N) is 1. The van der Waals surface area contributed by atoms with E-state index < -0.39 is 11.7 Å². The van der Waals surface area contributed by atoms with Gasteiger partial charge in [-0.25, -0.2) is 0 Å². The predicted molar refractivity (Wildman–Crippen MR) is 127 cm³/mol. The Morgan fingerprint density at radius 3 is 2.40 bits per heavy atom. The number of halogens is 3. The van der Waals surface area contributed by atoms with E-state index in [0.717, 1.165) is 12.1 Å². The lowest BCUT2D eigenvalue weighted by Gasteiger charge is -2.23. The van der Waals surface area contributed by atoms with E-state index in [9.17, 15) is 18.0 Å². The van der Waals surface area contributed by atoms with E-state index in [-0.39, 0.29) is 23.9 Å². The second-order valence-electron chi connectivity index (χ2n) is 8.64. The van der Waals surface area contributed by atoms with Crippen molar-refractivity contribution in [3.8, 4) is 16.9 Å². The molecule has 4 rings (SSSR count). The number of amides is 1. The zero-order valence-corrected chi connectivity index (χ0v) is 19.5. The molecule has 0 radical (unpaired) electrons. The van der Waals surface area contributed by atoms with Crippen LogP contribution in [0.15, 0.2) is 54.6 Å². The third kappa shape index (κ3) is 5.01. The van der Waals surface area contributed by atoms with Crippen molar-refractivity contribution in [2.75, 3.05) is 24.7 Å². The van der Waals surface area contributed by atoms with Crippen molar-refractivity contribution in [2.45, 2.75) is 32.1 Å². The number of hydrogen-bond acceptors (Lipinski definition) is 6. The average molecular weight is 486 g/mol. The van der Waals surface area contributed by atoms with E-state index in [1.165, 1.54) is 19.2 Å². The van der Waals surface area contributed by atoms with Crippen LogP contribution >= 0.6 is 0 Å². The number of aromatic nitrogens is 2. The summed E-state index contributed by atoms with van der Waals surface area (Å²) in [6.45, 7) is 4.53. The van der Waals surface area contributed by atoms with Crippen LogP contribution in [-0.4, -0.2) is 46.7 Å². The van der Waals surface area contributed by atoms with Gasteiger partial charge >= 0.3 is 6.18 Å². The van der Waals surface area contributed by atoms with Crippen LogP contribution < -0.4 is 15.8 Å². The van der Waals surface area contributed by atoms with Gasteiger partial charge in [-0.05, 0) is 60.9 Å². The third-order valence-corrected chi connectivity index (χ3v) is 6.53. The van der Waals surface area contributed by atoms with Gasteiger partial charge in [0, 0.05) is 29.8 Å². The molecule has 2 heterocycles. The quantitative estimate of drug-likeness (QED) is 0.544. The molecule has 1 aliphatic heterocycles. The molecule has 0 aliphatic carbocycles. The minimum Gasteiger partial charge on any atom is -0.496 e. The molecule has 10 heteroatoms. The van der Waals surface area contributed by atoms with Crippen molar-refractivity contribution in [1.82, 2.24) is 15.1 Å². The van der Waals surface area contributed by atoms with Crippen molar-refractivity contribution in [1.29, 1.82) is 0 Å². The van der Waals surface area contributed by atoms with Crippen molar-refractivity contribution in [3.05, 3.63) is 65.7 Å². The molecular formula is C25H26F3N5O2. The number of methoxy groups -OCH3 is 1. The maximum atomic E-state index is 13.4. The maximum absolute atomic E-state index is 13.4. The molecule has 3 N–H and O–H groups in total. The van der Waals surface area contributed by atoms with Crippen molar-refractivity contribution < 1.29 is 22.7 Å². The number of carbonyl (C=O) groups is 1. The van der Waals surface area contributed by atoms with Crippen LogP contribution in [0.5, 0.6) is 5.75 Å². The maximum Gasteiger partial charge on any atom is 0.416 e. The van der Waals surface area contributed by atoms with Gasteiger partial charge in [0.15, 0.2) is 0 Å². The Bertz CT molecular complexity index is 1200. The first-order valence-electron chi connectivity index (χ1n) is 11.1. The van der Waals surface area contributed by atoms with E-state index in [1.54, 1.807) is 35.2 Å². The van der Waals surface area contributed by atoms with Gasteiger partial charge in [0.05, 0.1) is 12.7 Å². The third-order valence-electron chi connectivity index (χ3n) is 6.53. The lowest BCUT2D eigenvalue weighted by molar-refractivity contribution is -0.137. The van der Waals surface area contributed by atoms with Crippen molar-refractivity contribution in [3.63, 3.8) is 0 Å². The molecule has 1 fully saturated rings. The number of nitrogen functional groups attached to an aromatic ring is 1. The Balaban J connectivity index is 1.53. The predicted octanol–water partition coefficient (Wildman–Crippen LogP) is 4.71. The molecular weight excluding hydrogens is 459 g/mol. The summed E-state index contributed by atoms with van der Waals surface area (Å²) >= 11 is 0. The van der Waals surface area contributed by atoms with Gasteiger partial charge in [0.2, 0.25) is 0 Å². The molecule has 0 saturated carbocycles. The number of carbonyl (C=O) groups excluding carboxylic acids is 1. The number of benzene rings is 2. The summed E-state index contributed by atoms with van der Waals surface area (Å²) in [7, 11) is 1.46. The summed E-state index contributed by atoms with van der Waals surface area (Å²) in [5.74, 6) is 1.30. The zero-order valence-electron chi connectivity index (χ0n) is 19.5. The zero-order chi connectivity index (χ0) is 25.3. The highest BCUT2D eigenvalue weighted by atomic mass is 19.4. The van der Waals surface area contributed by atoms with Crippen molar-refractivity contribution >= 4 is 17.5 Å². The Hall–Kier alpha value is -3.82. The van der Waals surface area contributed by atoms with Crippen LogP contribution in [0.2, 0.25) is 0 Å². The minimum absolute atomic E-state index is 0.0276. The highest BCUT2D eigenvalue weighted by molar-refractivity contribution is 5.96. The summed E-state index contributed by atoms with van der Waals surface area (Å²) < 4.78 is 44.2. The number of ether oxygens (including phenoxy) is 1. The van der Waals surface area contributed by atoms with Gasteiger partial charge in [-0.3, -0.25) is 4.79 Å². The molecule has 0 bridgehead atoms. The average Bonchev–Trinajstić information content (AvgIpc) is 3.12. The first-order chi connectivity index (χ1) is 16.6. The van der Waals surface area contributed by atoms with Crippen molar-refractivity contribution in [2.24, 2.45) is 5.92 Å². The lowest BCUT2D eigenvalue weighted by atomic mass is 9.99. The van der Waals surface area contributed by atoms with Crippen LogP contribution in [0.25, 0.3) is 11.1 Å². The van der Waals surface area contributed by atoms with Crippen LogP contribution in [0.3, 0.4) is 0 Å². The van der Waals surface area contributed by atoms with E-state index in [4.69, 9.17) is 10.5 Å². The fourth-order valence-corrected chi connectivity index (χ4v) is 4.29. The van der Waals surface area contributed by atoms with Crippen LogP contribution in [0, 0.1) is 5.92 Å². The standard InChI is InChI=1S/C25H26F3N5O2/c1-14-15(2)33(13-20(14)30-23-11-10-22(29)31-32-23)24(34)17-6-9-19(21(12-17)35-3)16-4-7-18(8-5-16)25(26,27)28/h4-12,14-15,20H,13H2,1-3H3,(H2,29,31)(H,30,32)/t14-,15+,20+/m0/s1. The van der Waals surface area contributed by atoms with Gasteiger partial charge < -0.3 is 20.7 Å². The topological polar surface area (TPSA) is 93.4 Å². The summed E-state index contributed by atoms with van der Waals surface area (Å²) in [5.41, 5.74) is 6.47. The second-order valence-corrected chi connectivity index (χ2v) is 8.64. The Kier molecular flexibility index (Phi) is 6.56. The van der Waals surface area contributed by atoms with E-state index >= 15 is 0 Å². The molecule has 1 aliphatic rings. The molecule has 184 valence electrons. The van der Waals surface area contributed by atoms with Gasteiger partial charge in [-0.1, -0.05) is 19.1 Å². The Morgan fingerprint density at radius 1 is 1.09 bits per heavy atom. The van der Waals surface area contributed by atoms with Crippen LogP contribution in [0.4, 0.5) is 24.8 Å². The number of nitrogens with zero attached hydrogens (tertiary/aromatic N) is 3. The van der Waals surface area contributed by atoms with Crippen LogP contribution in [-0.2, 0) is 6.18 Å². The van der Waals surface area contributed by atoms with Gasteiger partial charge in [0.1, 0.15) is 17.4 Å². The SMILES string of the molecule is COc1cc(C(=O)N2C[C@@H](Nc3ccc(N)nn3)[C@@H](C)[C@H]2C)ccc1-c1ccc(C(F)(F)F)cc1. The first-order valence-corrected chi connectivity index (χ1v) is 11.1.